The summed E-state index contributed by atoms with van der Waals surface area (Å²) in [6, 6.07) is 30.1. The summed E-state index contributed by atoms with van der Waals surface area (Å²) in [4.78, 5) is 29.6. The summed E-state index contributed by atoms with van der Waals surface area (Å²) in [5.74, 6) is -0.887. The molecule has 1 atom stereocenters. The van der Waals surface area contributed by atoms with E-state index in [2.05, 4.69) is 21.2 Å². The number of benzene rings is 4. The Bertz CT molecular complexity index is 1640. The second-order valence-corrected chi connectivity index (χ2v) is 13.5. The van der Waals surface area contributed by atoms with E-state index in [-0.39, 0.29) is 40.5 Å². The predicted octanol–water partition coefficient (Wildman–Crippen LogP) is 6.46. The zero-order valence-electron chi connectivity index (χ0n) is 23.9. The highest BCUT2D eigenvalue weighted by atomic mass is 79.9. The lowest BCUT2D eigenvalue weighted by Gasteiger charge is -2.34. The molecule has 2 amide bonds. The SMILES string of the molecule is CC(C)NC(=O)[C@@H](Cc1ccccc1)N(Cc1ccc(Br)cc1)C(=O)CN(c1ccccc1Cl)S(=O)(=O)c1ccccc1. The summed E-state index contributed by atoms with van der Waals surface area (Å²) in [6.45, 7) is 3.21. The molecule has 4 aromatic rings. The number of halogens is 2. The average molecular weight is 683 g/mol. The number of amides is 2. The Morgan fingerprint density at radius 3 is 2.00 bits per heavy atom. The van der Waals surface area contributed by atoms with Crippen LogP contribution < -0.4 is 9.62 Å². The number of anilines is 1. The van der Waals surface area contributed by atoms with Crippen molar-refractivity contribution < 1.29 is 18.0 Å². The van der Waals surface area contributed by atoms with Crippen LogP contribution in [0, 0.1) is 0 Å². The molecule has 4 aromatic carbocycles. The van der Waals surface area contributed by atoms with E-state index in [0.717, 1.165) is 19.9 Å². The van der Waals surface area contributed by atoms with Gasteiger partial charge in [0.2, 0.25) is 11.8 Å². The van der Waals surface area contributed by atoms with Gasteiger partial charge in [-0.2, -0.15) is 0 Å². The zero-order valence-corrected chi connectivity index (χ0v) is 27.0. The number of rotatable bonds is 12. The minimum Gasteiger partial charge on any atom is -0.352 e. The van der Waals surface area contributed by atoms with Crippen molar-refractivity contribution in [3.05, 3.63) is 130 Å². The van der Waals surface area contributed by atoms with Crippen LogP contribution in [-0.4, -0.2) is 43.8 Å². The van der Waals surface area contributed by atoms with E-state index in [1.165, 1.54) is 17.0 Å². The molecule has 1 N–H and O–H groups in total. The van der Waals surface area contributed by atoms with Gasteiger partial charge < -0.3 is 10.2 Å². The van der Waals surface area contributed by atoms with E-state index in [4.69, 9.17) is 11.6 Å². The molecule has 4 rings (SSSR count). The number of carbonyl (C=O) groups is 2. The van der Waals surface area contributed by atoms with E-state index in [1.54, 1.807) is 42.5 Å². The topological polar surface area (TPSA) is 86.8 Å². The Morgan fingerprint density at radius 1 is 0.814 bits per heavy atom. The molecule has 0 bridgehead atoms. The molecule has 0 aliphatic carbocycles. The highest BCUT2D eigenvalue weighted by Gasteiger charge is 2.35. The van der Waals surface area contributed by atoms with Gasteiger partial charge in [-0.05, 0) is 61.4 Å². The van der Waals surface area contributed by atoms with Crippen LogP contribution in [0.1, 0.15) is 25.0 Å². The molecule has 0 unspecified atom stereocenters. The van der Waals surface area contributed by atoms with Crippen LogP contribution in [0.4, 0.5) is 5.69 Å². The van der Waals surface area contributed by atoms with Crippen LogP contribution in [0.5, 0.6) is 0 Å². The van der Waals surface area contributed by atoms with Crippen molar-refractivity contribution in [1.29, 1.82) is 0 Å². The Balaban J connectivity index is 1.80. The second kappa shape index (κ2) is 14.7. The third-order valence-corrected chi connectivity index (χ3v) is 9.32. The van der Waals surface area contributed by atoms with Gasteiger partial charge in [0.15, 0.2) is 0 Å². The normalized spacial score (nSPS) is 12.0. The number of sulfonamides is 1. The molecule has 43 heavy (non-hydrogen) atoms. The molecular weight excluding hydrogens is 650 g/mol. The summed E-state index contributed by atoms with van der Waals surface area (Å²) < 4.78 is 29.9. The van der Waals surface area contributed by atoms with Gasteiger partial charge in [-0.15, -0.1) is 0 Å². The fourth-order valence-corrected chi connectivity index (χ4v) is 6.61. The van der Waals surface area contributed by atoms with E-state index in [9.17, 15) is 18.0 Å². The number of hydrogen-bond acceptors (Lipinski definition) is 4. The fraction of sp³-hybridized carbons (Fsp3) is 0.212. The van der Waals surface area contributed by atoms with E-state index < -0.39 is 28.5 Å². The van der Waals surface area contributed by atoms with Gasteiger partial charge in [0.1, 0.15) is 12.6 Å². The maximum Gasteiger partial charge on any atom is 0.264 e. The lowest BCUT2D eigenvalue weighted by atomic mass is 10.0. The van der Waals surface area contributed by atoms with Crippen LogP contribution in [0.25, 0.3) is 0 Å². The number of para-hydroxylation sites is 1. The molecule has 224 valence electrons. The number of nitrogens with one attached hydrogen (secondary N) is 1. The summed E-state index contributed by atoms with van der Waals surface area (Å²) in [6.07, 6.45) is 0.235. The highest BCUT2D eigenvalue weighted by Crippen LogP contribution is 2.31. The van der Waals surface area contributed by atoms with Crippen molar-refractivity contribution in [3.8, 4) is 0 Å². The molecular formula is C33H33BrClN3O4S. The maximum atomic E-state index is 14.4. The van der Waals surface area contributed by atoms with Crippen molar-refractivity contribution in [2.75, 3.05) is 10.8 Å². The molecule has 0 saturated carbocycles. The number of carbonyl (C=O) groups excluding carboxylic acids is 2. The second-order valence-electron chi connectivity index (χ2n) is 10.3. The Labute approximate surface area is 266 Å². The number of hydrogen-bond donors (Lipinski definition) is 1. The van der Waals surface area contributed by atoms with Crippen molar-refractivity contribution in [2.24, 2.45) is 0 Å². The molecule has 10 heteroatoms. The smallest absolute Gasteiger partial charge is 0.264 e. The van der Waals surface area contributed by atoms with Crippen LogP contribution in [0.2, 0.25) is 5.02 Å². The van der Waals surface area contributed by atoms with Crippen molar-refractivity contribution in [2.45, 2.75) is 43.8 Å². The van der Waals surface area contributed by atoms with Crippen molar-refractivity contribution in [3.63, 3.8) is 0 Å². The fourth-order valence-electron chi connectivity index (χ4n) is 4.61. The Kier molecular flexibility index (Phi) is 11.0. The van der Waals surface area contributed by atoms with Crippen LogP contribution in [0.3, 0.4) is 0 Å². The van der Waals surface area contributed by atoms with E-state index >= 15 is 0 Å². The molecule has 7 nitrogen and oxygen atoms in total. The van der Waals surface area contributed by atoms with Gasteiger partial charge in [0.25, 0.3) is 10.0 Å². The minimum absolute atomic E-state index is 0.0144. The van der Waals surface area contributed by atoms with E-state index in [1.807, 2.05) is 68.4 Å². The van der Waals surface area contributed by atoms with Crippen molar-refractivity contribution >= 4 is 55.1 Å². The standard InChI is InChI=1S/C33H33BrClN3O4S/c1-24(2)36-33(40)31(21-25-11-5-3-6-12-25)37(22-26-17-19-27(34)20-18-26)32(39)23-38(30-16-10-9-15-29(30)35)43(41,42)28-13-7-4-8-14-28/h3-20,24,31H,21-23H2,1-2H3,(H,36,40)/t31-/m1/s1. The van der Waals surface area contributed by atoms with Gasteiger partial charge in [0, 0.05) is 23.5 Å². The molecule has 0 aromatic heterocycles. The molecule has 0 aliphatic heterocycles. The predicted molar refractivity (Wildman–Crippen MR) is 174 cm³/mol. The van der Waals surface area contributed by atoms with Crippen molar-refractivity contribution in [1.82, 2.24) is 10.2 Å². The monoisotopic (exact) mass is 681 g/mol. The molecule has 0 saturated heterocycles. The first-order valence-electron chi connectivity index (χ1n) is 13.8. The lowest BCUT2D eigenvalue weighted by molar-refractivity contribution is -0.140. The van der Waals surface area contributed by atoms with Gasteiger partial charge >= 0.3 is 0 Å². The van der Waals surface area contributed by atoms with Crippen LogP contribution in [0.15, 0.2) is 119 Å². The molecule has 0 spiro atoms. The maximum absolute atomic E-state index is 14.4. The molecule has 0 heterocycles. The lowest BCUT2D eigenvalue weighted by Crippen LogP contribution is -2.54. The van der Waals surface area contributed by atoms with Gasteiger partial charge in [-0.3, -0.25) is 13.9 Å². The molecule has 0 fully saturated rings. The Hall–Kier alpha value is -3.66. The average Bonchev–Trinajstić information content (AvgIpc) is 2.99. The largest absolute Gasteiger partial charge is 0.352 e. The van der Waals surface area contributed by atoms with Crippen LogP contribution >= 0.6 is 27.5 Å². The summed E-state index contributed by atoms with van der Waals surface area (Å²) in [7, 11) is -4.21. The van der Waals surface area contributed by atoms with Crippen LogP contribution in [-0.2, 0) is 32.6 Å². The van der Waals surface area contributed by atoms with E-state index in [0.29, 0.717) is 0 Å². The van der Waals surface area contributed by atoms with Gasteiger partial charge in [-0.1, -0.05) is 100 Å². The first-order valence-corrected chi connectivity index (χ1v) is 16.4. The summed E-state index contributed by atoms with van der Waals surface area (Å²) in [5, 5.41) is 3.12. The zero-order chi connectivity index (χ0) is 31.0. The summed E-state index contributed by atoms with van der Waals surface area (Å²) >= 11 is 9.94. The number of nitrogens with zero attached hydrogens (tertiary/aromatic N) is 2. The third-order valence-electron chi connectivity index (χ3n) is 6.70. The van der Waals surface area contributed by atoms with Gasteiger partial charge in [0.05, 0.1) is 15.6 Å². The molecule has 0 aliphatic rings. The highest BCUT2D eigenvalue weighted by molar-refractivity contribution is 9.10. The summed E-state index contributed by atoms with van der Waals surface area (Å²) in [5.41, 5.74) is 1.80. The quantitative estimate of drug-likeness (QED) is 0.186. The molecule has 0 radical (unpaired) electrons. The Morgan fingerprint density at radius 2 is 1.40 bits per heavy atom. The first-order chi connectivity index (χ1) is 20.6. The third kappa shape index (κ3) is 8.46. The first kappa shape index (κ1) is 32.3. The van der Waals surface area contributed by atoms with Gasteiger partial charge in [-0.25, -0.2) is 8.42 Å². The minimum atomic E-state index is -4.21.